The largest absolute Gasteiger partial charge is 0.486 e. The first kappa shape index (κ1) is 23.1. The van der Waals surface area contributed by atoms with E-state index in [4.69, 9.17) is 9.47 Å². The van der Waals surface area contributed by atoms with Gasteiger partial charge in [0, 0.05) is 11.3 Å². The maximum Gasteiger partial charge on any atom is 0.418 e. The lowest BCUT2D eigenvalue weighted by Gasteiger charge is -2.19. The predicted octanol–water partition coefficient (Wildman–Crippen LogP) is 5.05. The highest BCUT2D eigenvalue weighted by Gasteiger charge is 2.34. The van der Waals surface area contributed by atoms with E-state index < -0.39 is 35.1 Å². The van der Waals surface area contributed by atoms with Gasteiger partial charge in [-0.25, -0.2) is 4.39 Å². The maximum atomic E-state index is 13.7. The number of ether oxygens (including phenoxy) is 2. The van der Waals surface area contributed by atoms with E-state index >= 15 is 0 Å². The SMILES string of the molecule is O=C(Cc1ccc2c(c1)OCCO2)Nc1ccc(NC(=O)c2ccc(F)cc2)cc1C(F)(F)F. The number of anilines is 2. The molecule has 1 aliphatic rings. The Kier molecular flexibility index (Phi) is 6.40. The first-order valence-electron chi connectivity index (χ1n) is 10.2. The van der Waals surface area contributed by atoms with Crippen LogP contribution in [0.25, 0.3) is 0 Å². The molecule has 176 valence electrons. The number of fused-ring (bicyclic) bond motifs is 1. The average Bonchev–Trinajstić information content (AvgIpc) is 2.79. The Morgan fingerprint density at radius 3 is 2.26 bits per heavy atom. The van der Waals surface area contributed by atoms with Gasteiger partial charge in [0.2, 0.25) is 5.91 Å². The Hall–Kier alpha value is -4.08. The number of hydrogen-bond donors (Lipinski definition) is 2. The van der Waals surface area contributed by atoms with Crippen LogP contribution < -0.4 is 20.1 Å². The van der Waals surface area contributed by atoms with Crippen molar-refractivity contribution in [3.63, 3.8) is 0 Å². The van der Waals surface area contributed by atoms with E-state index in [2.05, 4.69) is 10.6 Å². The van der Waals surface area contributed by atoms with Crippen LogP contribution in [0.3, 0.4) is 0 Å². The first-order chi connectivity index (χ1) is 16.2. The monoisotopic (exact) mass is 474 g/mol. The molecule has 3 aromatic carbocycles. The molecule has 1 aliphatic heterocycles. The highest BCUT2D eigenvalue weighted by Crippen LogP contribution is 2.37. The molecule has 4 rings (SSSR count). The van der Waals surface area contributed by atoms with Crippen LogP contribution >= 0.6 is 0 Å². The van der Waals surface area contributed by atoms with Gasteiger partial charge in [-0.2, -0.15) is 13.2 Å². The van der Waals surface area contributed by atoms with Gasteiger partial charge in [0.25, 0.3) is 5.91 Å². The van der Waals surface area contributed by atoms with Crippen LogP contribution in [-0.2, 0) is 17.4 Å². The van der Waals surface area contributed by atoms with Crippen molar-refractivity contribution in [3.05, 3.63) is 83.2 Å². The fourth-order valence-corrected chi connectivity index (χ4v) is 3.35. The summed E-state index contributed by atoms with van der Waals surface area (Å²) in [4.78, 5) is 24.7. The summed E-state index contributed by atoms with van der Waals surface area (Å²) in [6.45, 7) is 0.773. The number of amides is 2. The fraction of sp³-hybridized carbons (Fsp3) is 0.167. The summed E-state index contributed by atoms with van der Waals surface area (Å²) < 4.78 is 64.9. The molecule has 0 unspecified atom stereocenters. The Morgan fingerprint density at radius 2 is 1.56 bits per heavy atom. The minimum absolute atomic E-state index is 0.0757. The van der Waals surface area contributed by atoms with Crippen molar-refractivity contribution >= 4 is 23.2 Å². The standard InChI is InChI=1S/C24H18F4N2O4/c25-16-4-2-15(3-5-16)23(32)29-17-6-7-19(18(13-17)24(26,27)28)30-22(31)12-14-1-8-20-21(11-14)34-10-9-33-20/h1-8,11,13H,9-10,12H2,(H,29,32)(H,30,31). The van der Waals surface area contributed by atoms with Gasteiger partial charge in [0.1, 0.15) is 19.0 Å². The number of carbonyl (C=O) groups is 2. The van der Waals surface area contributed by atoms with E-state index in [1.165, 1.54) is 18.2 Å². The Morgan fingerprint density at radius 1 is 0.853 bits per heavy atom. The van der Waals surface area contributed by atoms with Gasteiger partial charge in [-0.05, 0) is 60.2 Å². The molecule has 0 aromatic heterocycles. The van der Waals surface area contributed by atoms with Crippen molar-refractivity contribution in [2.75, 3.05) is 23.8 Å². The van der Waals surface area contributed by atoms with Crippen molar-refractivity contribution in [1.82, 2.24) is 0 Å². The molecule has 0 saturated heterocycles. The second kappa shape index (κ2) is 9.42. The van der Waals surface area contributed by atoms with Crippen LogP contribution in [0.2, 0.25) is 0 Å². The summed E-state index contributed by atoms with van der Waals surface area (Å²) in [6, 6.07) is 12.4. The summed E-state index contributed by atoms with van der Waals surface area (Å²) in [6.07, 6.45) is -4.98. The third kappa shape index (κ3) is 5.45. The minimum Gasteiger partial charge on any atom is -0.486 e. The number of nitrogens with one attached hydrogen (secondary N) is 2. The third-order valence-corrected chi connectivity index (χ3v) is 4.93. The van der Waals surface area contributed by atoms with Crippen LogP contribution in [0.5, 0.6) is 11.5 Å². The van der Waals surface area contributed by atoms with E-state index in [-0.39, 0.29) is 17.7 Å². The molecule has 2 amide bonds. The van der Waals surface area contributed by atoms with Crippen molar-refractivity contribution in [3.8, 4) is 11.5 Å². The quantitative estimate of drug-likeness (QED) is 0.508. The molecule has 10 heteroatoms. The molecular formula is C24H18F4N2O4. The highest BCUT2D eigenvalue weighted by molar-refractivity contribution is 6.04. The molecule has 0 bridgehead atoms. The van der Waals surface area contributed by atoms with Gasteiger partial charge in [0.15, 0.2) is 11.5 Å². The Bertz CT molecular complexity index is 1230. The zero-order chi connectivity index (χ0) is 24.3. The molecule has 0 spiro atoms. The summed E-state index contributed by atoms with van der Waals surface area (Å²) in [7, 11) is 0. The van der Waals surface area contributed by atoms with Gasteiger partial charge in [0.05, 0.1) is 17.7 Å². The van der Waals surface area contributed by atoms with Gasteiger partial charge < -0.3 is 20.1 Å². The average molecular weight is 474 g/mol. The van der Waals surface area contributed by atoms with Gasteiger partial charge in [-0.3, -0.25) is 9.59 Å². The van der Waals surface area contributed by atoms with Crippen LogP contribution in [0.4, 0.5) is 28.9 Å². The second-order valence-electron chi connectivity index (χ2n) is 7.42. The second-order valence-corrected chi connectivity index (χ2v) is 7.42. The lowest BCUT2D eigenvalue weighted by molar-refractivity contribution is -0.136. The molecule has 1 heterocycles. The molecule has 2 N–H and O–H groups in total. The zero-order valence-electron chi connectivity index (χ0n) is 17.5. The third-order valence-electron chi connectivity index (χ3n) is 4.93. The van der Waals surface area contributed by atoms with E-state index in [9.17, 15) is 27.2 Å². The van der Waals surface area contributed by atoms with Crippen LogP contribution in [0.15, 0.2) is 60.7 Å². The van der Waals surface area contributed by atoms with E-state index in [1.807, 2.05) is 0 Å². The summed E-state index contributed by atoms with van der Waals surface area (Å²) in [5, 5.41) is 4.62. The molecule has 0 aliphatic carbocycles. The lowest BCUT2D eigenvalue weighted by atomic mass is 10.1. The number of hydrogen-bond acceptors (Lipinski definition) is 4. The minimum atomic E-state index is -4.80. The molecule has 6 nitrogen and oxygen atoms in total. The van der Waals surface area contributed by atoms with Crippen molar-refractivity contribution in [2.45, 2.75) is 12.6 Å². The molecular weight excluding hydrogens is 456 g/mol. The van der Waals surface area contributed by atoms with Crippen LogP contribution in [0, 0.1) is 5.82 Å². The molecule has 0 saturated carbocycles. The van der Waals surface area contributed by atoms with E-state index in [0.29, 0.717) is 30.3 Å². The maximum absolute atomic E-state index is 13.7. The molecule has 34 heavy (non-hydrogen) atoms. The fourth-order valence-electron chi connectivity index (χ4n) is 3.35. The number of carbonyl (C=O) groups excluding carboxylic acids is 2. The van der Waals surface area contributed by atoms with Crippen molar-refractivity contribution in [1.29, 1.82) is 0 Å². The predicted molar refractivity (Wildman–Crippen MR) is 116 cm³/mol. The normalized spacial score (nSPS) is 12.7. The van der Waals surface area contributed by atoms with Gasteiger partial charge in [-0.15, -0.1) is 0 Å². The van der Waals surface area contributed by atoms with E-state index in [1.54, 1.807) is 18.2 Å². The first-order valence-corrected chi connectivity index (χ1v) is 10.2. The van der Waals surface area contributed by atoms with Crippen LogP contribution in [-0.4, -0.2) is 25.0 Å². The summed E-state index contributed by atoms with van der Waals surface area (Å²) in [5.74, 6) is -0.914. The van der Waals surface area contributed by atoms with Crippen LogP contribution in [0.1, 0.15) is 21.5 Å². The molecule has 0 atom stereocenters. The van der Waals surface area contributed by atoms with Gasteiger partial charge >= 0.3 is 6.18 Å². The molecule has 3 aromatic rings. The molecule has 0 fully saturated rings. The van der Waals surface area contributed by atoms with Crippen molar-refractivity contribution in [2.24, 2.45) is 0 Å². The zero-order valence-corrected chi connectivity index (χ0v) is 17.5. The number of halogens is 4. The molecule has 0 radical (unpaired) electrons. The number of rotatable bonds is 5. The van der Waals surface area contributed by atoms with E-state index in [0.717, 1.165) is 24.3 Å². The smallest absolute Gasteiger partial charge is 0.418 e. The topological polar surface area (TPSA) is 76.7 Å². The van der Waals surface area contributed by atoms with Gasteiger partial charge in [-0.1, -0.05) is 6.07 Å². The number of benzene rings is 3. The Labute approximate surface area is 191 Å². The highest BCUT2D eigenvalue weighted by atomic mass is 19.4. The lowest BCUT2D eigenvalue weighted by Crippen LogP contribution is -2.19. The summed E-state index contributed by atoms with van der Waals surface area (Å²) >= 11 is 0. The summed E-state index contributed by atoms with van der Waals surface area (Å²) in [5.41, 5.74) is -1.09. The Balaban J connectivity index is 1.49. The van der Waals surface area contributed by atoms with Crippen molar-refractivity contribution < 1.29 is 36.6 Å². The number of alkyl halides is 3.